The molecule has 2 fully saturated rings. The number of aliphatic hydroxyl groups is 1. The van der Waals surface area contributed by atoms with Gasteiger partial charge in [-0.15, -0.1) is 11.8 Å². The van der Waals surface area contributed by atoms with Crippen LogP contribution in [-0.4, -0.2) is 41.7 Å². The first-order valence-electron chi connectivity index (χ1n) is 3.31. The minimum Gasteiger partial charge on any atom is -0.389 e. The van der Waals surface area contributed by atoms with Gasteiger partial charge in [-0.25, -0.2) is 0 Å². The largest absolute Gasteiger partial charge is 0.389 e. The molecule has 0 aromatic carbocycles. The molecule has 0 aromatic heterocycles. The van der Waals surface area contributed by atoms with E-state index in [2.05, 4.69) is 0 Å². The molecule has 58 valence electrons. The van der Waals surface area contributed by atoms with Gasteiger partial charge in [0.2, 0.25) is 0 Å². The summed E-state index contributed by atoms with van der Waals surface area (Å²) in [4.78, 5) is 0. The van der Waals surface area contributed by atoms with Crippen molar-refractivity contribution in [1.82, 2.24) is 0 Å². The average Bonchev–Trinajstić information content (AvgIpc) is 2.46. The number of aliphatic hydroxyl groups excluding tert-OH is 1. The van der Waals surface area contributed by atoms with E-state index in [-0.39, 0.29) is 23.7 Å². The molecule has 2 aliphatic heterocycles. The minimum absolute atomic E-state index is 0.0138. The minimum atomic E-state index is -0.310. The Morgan fingerprint density at radius 2 is 2.50 bits per heavy atom. The molecule has 0 unspecified atom stereocenters. The van der Waals surface area contributed by atoms with Crippen LogP contribution in [0.25, 0.3) is 0 Å². The van der Waals surface area contributed by atoms with Crippen molar-refractivity contribution in [2.75, 3.05) is 12.9 Å². The summed E-state index contributed by atoms with van der Waals surface area (Å²) in [6.07, 6.45) is -0.478. The zero-order chi connectivity index (χ0) is 7.14. The third-order valence-electron chi connectivity index (χ3n) is 1.98. The first-order valence-corrected chi connectivity index (χ1v) is 4.35. The van der Waals surface area contributed by atoms with E-state index in [4.69, 9.17) is 9.47 Å². The van der Waals surface area contributed by atoms with E-state index in [1.165, 1.54) is 0 Å². The number of rotatable bonds is 1. The fraction of sp³-hybridized carbons (Fsp3) is 1.00. The third kappa shape index (κ3) is 0.797. The van der Waals surface area contributed by atoms with Gasteiger partial charge in [0.15, 0.2) is 6.29 Å². The summed E-state index contributed by atoms with van der Waals surface area (Å²) in [7, 11) is 1.61. The van der Waals surface area contributed by atoms with E-state index in [0.29, 0.717) is 0 Å². The SMILES string of the molecule is CO[C@@H]1O[C@@H]2CS[C@H]1[C@H]2O. The van der Waals surface area contributed by atoms with Crippen LogP contribution < -0.4 is 0 Å². The Morgan fingerprint density at radius 3 is 2.80 bits per heavy atom. The fourth-order valence-corrected chi connectivity index (χ4v) is 2.81. The number of hydrogen-bond donors (Lipinski definition) is 1. The van der Waals surface area contributed by atoms with Gasteiger partial charge in [0, 0.05) is 12.9 Å². The maximum absolute atomic E-state index is 9.40. The molecule has 3 nitrogen and oxygen atoms in total. The molecule has 4 heteroatoms. The van der Waals surface area contributed by atoms with Crippen molar-refractivity contribution in [2.45, 2.75) is 23.7 Å². The molecular formula is C6H10O3S. The van der Waals surface area contributed by atoms with Gasteiger partial charge in [-0.2, -0.15) is 0 Å². The number of thioether (sulfide) groups is 1. The van der Waals surface area contributed by atoms with Gasteiger partial charge in [0.05, 0.1) is 17.5 Å². The van der Waals surface area contributed by atoms with Crippen LogP contribution in [0.15, 0.2) is 0 Å². The second-order valence-electron chi connectivity index (χ2n) is 2.57. The predicted molar refractivity (Wildman–Crippen MR) is 37.9 cm³/mol. The van der Waals surface area contributed by atoms with Crippen molar-refractivity contribution in [3.05, 3.63) is 0 Å². The van der Waals surface area contributed by atoms with E-state index in [9.17, 15) is 5.11 Å². The molecule has 2 rings (SSSR count). The second kappa shape index (κ2) is 2.37. The van der Waals surface area contributed by atoms with E-state index in [1.54, 1.807) is 18.9 Å². The molecule has 0 amide bonds. The Labute approximate surface area is 63.7 Å². The zero-order valence-corrected chi connectivity index (χ0v) is 6.50. The van der Waals surface area contributed by atoms with Crippen LogP contribution in [0.1, 0.15) is 0 Å². The number of fused-ring (bicyclic) bond motifs is 2. The highest BCUT2D eigenvalue weighted by Crippen LogP contribution is 2.40. The van der Waals surface area contributed by atoms with Gasteiger partial charge in [0.1, 0.15) is 0 Å². The predicted octanol–water partition coefficient (Wildman–Crippen LogP) is -0.166. The third-order valence-corrected chi connectivity index (χ3v) is 3.39. The lowest BCUT2D eigenvalue weighted by molar-refractivity contribution is -0.113. The van der Waals surface area contributed by atoms with Crippen LogP contribution in [-0.2, 0) is 9.47 Å². The molecule has 10 heavy (non-hydrogen) atoms. The molecule has 2 saturated heterocycles. The van der Waals surface area contributed by atoms with Gasteiger partial charge >= 0.3 is 0 Å². The van der Waals surface area contributed by atoms with Gasteiger partial charge in [0.25, 0.3) is 0 Å². The van der Waals surface area contributed by atoms with Crippen molar-refractivity contribution in [3.8, 4) is 0 Å². The van der Waals surface area contributed by atoms with Gasteiger partial charge in [-0.1, -0.05) is 0 Å². The Balaban J connectivity index is 2.08. The summed E-state index contributed by atoms with van der Waals surface area (Å²) in [5.41, 5.74) is 0. The number of methoxy groups -OCH3 is 1. The molecule has 2 aliphatic rings. The zero-order valence-electron chi connectivity index (χ0n) is 5.69. The summed E-state index contributed by atoms with van der Waals surface area (Å²) in [5, 5.41) is 9.55. The normalized spacial score (nSPS) is 52.2. The first-order chi connectivity index (χ1) is 4.83. The highest BCUT2D eigenvalue weighted by molar-refractivity contribution is 8.00. The molecule has 0 aromatic rings. The van der Waals surface area contributed by atoms with Crippen LogP contribution in [0.5, 0.6) is 0 Å². The number of hydrogen-bond acceptors (Lipinski definition) is 4. The van der Waals surface area contributed by atoms with Crippen LogP contribution in [0.2, 0.25) is 0 Å². The average molecular weight is 162 g/mol. The first kappa shape index (κ1) is 6.91. The monoisotopic (exact) mass is 162 g/mol. The number of ether oxygens (including phenoxy) is 2. The Bertz CT molecular complexity index is 141. The summed E-state index contributed by atoms with van der Waals surface area (Å²) < 4.78 is 10.3. The Morgan fingerprint density at radius 1 is 1.70 bits per heavy atom. The van der Waals surface area contributed by atoms with E-state index in [1.807, 2.05) is 0 Å². The molecule has 1 N–H and O–H groups in total. The molecule has 0 saturated carbocycles. The summed E-state index contributed by atoms with van der Waals surface area (Å²) >= 11 is 1.73. The molecule has 0 aliphatic carbocycles. The lowest BCUT2D eigenvalue weighted by Gasteiger charge is -2.18. The maximum Gasteiger partial charge on any atom is 0.172 e. The standard InChI is InChI=1S/C6H10O3S/c1-8-6-5-4(7)3(9-6)2-10-5/h3-7H,2H2,1H3/t3-,4+,5+,6-/m1/s1. The van der Waals surface area contributed by atoms with Crippen molar-refractivity contribution in [1.29, 1.82) is 0 Å². The van der Waals surface area contributed by atoms with Gasteiger partial charge in [-0.05, 0) is 0 Å². The molecule has 0 radical (unpaired) electrons. The van der Waals surface area contributed by atoms with Crippen molar-refractivity contribution < 1.29 is 14.6 Å². The molecular weight excluding hydrogens is 152 g/mol. The molecule has 0 spiro atoms. The highest BCUT2D eigenvalue weighted by Gasteiger charge is 2.49. The quantitative estimate of drug-likeness (QED) is 0.581. The van der Waals surface area contributed by atoms with Crippen LogP contribution in [0.3, 0.4) is 0 Å². The highest BCUT2D eigenvalue weighted by atomic mass is 32.2. The van der Waals surface area contributed by atoms with Gasteiger partial charge < -0.3 is 14.6 Å². The second-order valence-corrected chi connectivity index (χ2v) is 3.78. The summed E-state index contributed by atoms with van der Waals surface area (Å²) in [5.74, 6) is 0.908. The van der Waals surface area contributed by atoms with Crippen molar-refractivity contribution in [3.63, 3.8) is 0 Å². The molecule has 2 bridgehead atoms. The van der Waals surface area contributed by atoms with Crippen LogP contribution in [0.4, 0.5) is 0 Å². The van der Waals surface area contributed by atoms with Crippen molar-refractivity contribution in [2.24, 2.45) is 0 Å². The smallest absolute Gasteiger partial charge is 0.172 e. The lowest BCUT2D eigenvalue weighted by Crippen LogP contribution is -2.26. The Kier molecular flexibility index (Phi) is 1.64. The summed E-state index contributed by atoms with van der Waals surface area (Å²) in [6, 6.07) is 0. The molecule has 2 heterocycles. The van der Waals surface area contributed by atoms with E-state index in [0.717, 1.165) is 5.75 Å². The van der Waals surface area contributed by atoms with E-state index < -0.39 is 0 Å². The Hall–Kier alpha value is 0.230. The lowest BCUT2D eigenvalue weighted by atomic mass is 10.2. The van der Waals surface area contributed by atoms with Crippen LogP contribution >= 0.6 is 11.8 Å². The summed E-state index contributed by atoms with van der Waals surface area (Å²) in [6.45, 7) is 0. The van der Waals surface area contributed by atoms with Crippen molar-refractivity contribution >= 4 is 11.8 Å². The van der Waals surface area contributed by atoms with Gasteiger partial charge in [-0.3, -0.25) is 0 Å². The fourth-order valence-electron chi connectivity index (χ4n) is 1.41. The van der Waals surface area contributed by atoms with E-state index >= 15 is 0 Å². The molecule has 4 atom stereocenters. The maximum atomic E-state index is 9.40. The van der Waals surface area contributed by atoms with Crippen LogP contribution in [0, 0.1) is 0 Å². The topological polar surface area (TPSA) is 38.7 Å².